The van der Waals surface area contributed by atoms with Crippen LogP contribution < -0.4 is 25.6 Å². The van der Waals surface area contributed by atoms with Gasteiger partial charge in [-0.3, -0.25) is 4.90 Å². The van der Waals surface area contributed by atoms with E-state index in [0.717, 1.165) is 5.82 Å². The van der Waals surface area contributed by atoms with Gasteiger partial charge >= 0.3 is 0 Å². The Morgan fingerprint density at radius 3 is 2.04 bits per heavy atom. The normalized spacial score (nSPS) is 18.2. The van der Waals surface area contributed by atoms with Crippen molar-refractivity contribution in [1.29, 1.82) is 0 Å². The molecule has 2 aliphatic rings. The highest BCUT2D eigenvalue weighted by atomic mass is 28.3. The summed E-state index contributed by atoms with van der Waals surface area (Å²) in [6.45, 7) is 9.91. The van der Waals surface area contributed by atoms with E-state index < -0.39 is 16.1 Å². The van der Waals surface area contributed by atoms with E-state index in [1.807, 2.05) is 6.20 Å². The second-order valence-corrected chi connectivity index (χ2v) is 16.8. The molecule has 0 aliphatic carbocycles. The van der Waals surface area contributed by atoms with E-state index in [1.165, 1.54) is 21.7 Å². The molecule has 2 aliphatic heterocycles. The van der Waals surface area contributed by atoms with Crippen LogP contribution in [0.25, 0.3) is 0 Å². The maximum absolute atomic E-state index is 4.86. The third-order valence-corrected chi connectivity index (χ3v) is 13.1. The minimum absolute atomic E-state index is 1.15. The summed E-state index contributed by atoms with van der Waals surface area (Å²) in [5, 5.41) is 6.06. The number of aromatic nitrogens is 1. The van der Waals surface area contributed by atoms with Crippen LogP contribution in [-0.4, -0.2) is 21.1 Å². The lowest BCUT2D eigenvalue weighted by Crippen LogP contribution is -2.66. The van der Waals surface area contributed by atoms with Crippen LogP contribution in [0.4, 0.5) is 17.2 Å². The highest BCUT2D eigenvalue weighted by Gasteiger charge is 2.46. The molecule has 0 saturated carbocycles. The molecule has 0 N–H and O–H groups in total. The summed E-state index contributed by atoms with van der Waals surface area (Å²) >= 11 is 0. The average Bonchev–Trinajstić information content (AvgIpc) is 2.61. The highest BCUT2D eigenvalue weighted by Crippen LogP contribution is 2.39. The van der Waals surface area contributed by atoms with E-state index in [2.05, 4.69) is 85.7 Å². The molecular weight excluding hydrogens is 336 g/mol. The van der Waals surface area contributed by atoms with Gasteiger partial charge in [-0.05, 0) is 32.9 Å². The predicted molar refractivity (Wildman–Crippen MR) is 112 cm³/mol. The molecule has 124 valence electrons. The molecule has 2 nitrogen and oxygen atoms in total. The van der Waals surface area contributed by atoms with Crippen molar-refractivity contribution in [2.75, 3.05) is 4.90 Å². The summed E-state index contributed by atoms with van der Waals surface area (Å²) in [6.07, 6.45) is 1.94. The zero-order valence-electron chi connectivity index (χ0n) is 15.2. The second kappa shape index (κ2) is 4.71. The summed E-state index contributed by atoms with van der Waals surface area (Å²) in [7, 11) is -3.47. The van der Waals surface area contributed by atoms with E-state index in [0.29, 0.717) is 0 Å². The van der Waals surface area contributed by atoms with Crippen LogP contribution in [0.1, 0.15) is 0 Å². The number of hydrogen-bond donors (Lipinski definition) is 0. The van der Waals surface area contributed by atoms with Crippen molar-refractivity contribution in [2.45, 2.75) is 26.2 Å². The lowest BCUT2D eigenvalue weighted by Gasteiger charge is -2.47. The van der Waals surface area contributed by atoms with Gasteiger partial charge in [-0.25, -0.2) is 4.98 Å². The molecular formula is C21H22N2Si2. The molecule has 0 bridgehead atoms. The Bertz CT molecular complexity index is 946. The number of rotatable bonds is 0. The molecule has 0 atom stereocenters. The lowest BCUT2D eigenvalue weighted by atomic mass is 10.2. The maximum Gasteiger partial charge on any atom is 0.137 e. The van der Waals surface area contributed by atoms with Gasteiger partial charge in [-0.2, -0.15) is 0 Å². The Kier molecular flexibility index (Phi) is 2.85. The minimum atomic E-state index is -1.75. The van der Waals surface area contributed by atoms with E-state index >= 15 is 0 Å². The van der Waals surface area contributed by atoms with Gasteiger partial charge in [-0.15, -0.1) is 0 Å². The van der Waals surface area contributed by atoms with Crippen molar-refractivity contribution < 1.29 is 0 Å². The largest absolute Gasteiger partial charge is 0.295 e. The molecule has 3 aromatic rings. The van der Waals surface area contributed by atoms with Crippen molar-refractivity contribution in [2.24, 2.45) is 0 Å². The van der Waals surface area contributed by atoms with Crippen LogP contribution in [0, 0.1) is 0 Å². The fourth-order valence-corrected chi connectivity index (χ4v) is 10.7. The Morgan fingerprint density at radius 2 is 1.28 bits per heavy atom. The monoisotopic (exact) mass is 358 g/mol. The topological polar surface area (TPSA) is 16.1 Å². The number of hydrogen-bond acceptors (Lipinski definition) is 2. The maximum atomic E-state index is 4.86. The van der Waals surface area contributed by atoms with Gasteiger partial charge in [0.25, 0.3) is 0 Å². The Morgan fingerprint density at radius 1 is 0.680 bits per heavy atom. The quantitative estimate of drug-likeness (QED) is 0.575. The summed E-state index contributed by atoms with van der Waals surface area (Å²) in [4.78, 5) is 7.31. The number of fused-ring (bicyclic) bond motifs is 4. The summed E-state index contributed by atoms with van der Waals surface area (Å²) < 4.78 is 0. The van der Waals surface area contributed by atoms with Crippen LogP contribution >= 0.6 is 0 Å². The molecule has 1 aromatic heterocycles. The van der Waals surface area contributed by atoms with E-state index in [9.17, 15) is 0 Å². The lowest BCUT2D eigenvalue weighted by molar-refractivity contribution is 1.19. The van der Waals surface area contributed by atoms with Gasteiger partial charge < -0.3 is 0 Å². The number of para-hydroxylation sites is 2. The highest BCUT2D eigenvalue weighted by molar-refractivity contribution is 7.06. The summed E-state index contributed by atoms with van der Waals surface area (Å²) in [6, 6.07) is 20.4. The van der Waals surface area contributed by atoms with Gasteiger partial charge in [0, 0.05) is 17.6 Å². The standard InChI is InChI=1S/C21H22N2Si2/c1-24(2)16-10-6-5-9-15(16)23-20-17(24)11-7-12-18(20)25(3,4)19-13-8-14-22-21(19)23/h5-14H,1-4H3. The predicted octanol–water partition coefficient (Wildman–Crippen LogP) is 2.82. The molecule has 2 aromatic carbocycles. The fraction of sp³-hybridized carbons (Fsp3) is 0.190. The van der Waals surface area contributed by atoms with Gasteiger partial charge in [0.15, 0.2) is 0 Å². The zero-order valence-corrected chi connectivity index (χ0v) is 17.2. The number of pyridine rings is 1. The molecule has 0 amide bonds. The van der Waals surface area contributed by atoms with Crippen LogP contribution in [-0.2, 0) is 0 Å². The van der Waals surface area contributed by atoms with E-state index in [-0.39, 0.29) is 0 Å². The number of anilines is 3. The number of benzene rings is 2. The van der Waals surface area contributed by atoms with E-state index in [4.69, 9.17) is 4.98 Å². The first kappa shape index (κ1) is 15.1. The fourth-order valence-electron chi connectivity index (χ4n) is 4.68. The molecule has 3 heterocycles. The molecule has 25 heavy (non-hydrogen) atoms. The first-order chi connectivity index (χ1) is 11.9. The Balaban J connectivity index is 1.97. The van der Waals surface area contributed by atoms with Gasteiger partial charge in [0.05, 0.1) is 0 Å². The zero-order chi connectivity index (χ0) is 17.4. The minimum Gasteiger partial charge on any atom is -0.295 e. The SMILES string of the molecule is C[Si]1(C)c2ccccc2N2c3ncccc3[Si](C)(C)c3cccc1c32. The van der Waals surface area contributed by atoms with Crippen LogP contribution in [0.15, 0.2) is 60.8 Å². The van der Waals surface area contributed by atoms with Crippen molar-refractivity contribution in [3.63, 3.8) is 0 Å². The molecule has 4 heteroatoms. The Labute approximate surface area is 151 Å². The summed E-state index contributed by atoms with van der Waals surface area (Å²) in [5.41, 5.74) is 2.78. The Hall–Kier alpha value is -2.18. The van der Waals surface area contributed by atoms with Crippen LogP contribution in [0.2, 0.25) is 26.2 Å². The molecule has 5 rings (SSSR count). The van der Waals surface area contributed by atoms with Crippen LogP contribution in [0.5, 0.6) is 0 Å². The smallest absolute Gasteiger partial charge is 0.137 e. The van der Waals surface area contributed by atoms with Crippen LogP contribution in [0.3, 0.4) is 0 Å². The number of nitrogens with zero attached hydrogens (tertiary/aromatic N) is 2. The van der Waals surface area contributed by atoms with Crippen molar-refractivity contribution in [1.82, 2.24) is 4.98 Å². The van der Waals surface area contributed by atoms with Crippen molar-refractivity contribution in [3.05, 3.63) is 60.8 Å². The molecule has 0 radical (unpaired) electrons. The van der Waals surface area contributed by atoms with Gasteiger partial charge in [0.2, 0.25) is 0 Å². The summed E-state index contributed by atoms with van der Waals surface area (Å²) in [5.74, 6) is 1.15. The van der Waals surface area contributed by atoms with Crippen molar-refractivity contribution in [3.8, 4) is 0 Å². The first-order valence-electron chi connectivity index (χ1n) is 8.93. The second-order valence-electron chi connectivity index (χ2n) is 8.18. The molecule has 0 spiro atoms. The third kappa shape index (κ3) is 1.76. The molecule has 0 unspecified atom stereocenters. The van der Waals surface area contributed by atoms with Crippen molar-refractivity contribution >= 4 is 54.1 Å². The van der Waals surface area contributed by atoms with Gasteiger partial charge in [-0.1, -0.05) is 68.7 Å². The first-order valence-corrected chi connectivity index (χ1v) is 14.9. The average molecular weight is 359 g/mol. The van der Waals surface area contributed by atoms with E-state index in [1.54, 1.807) is 10.4 Å². The molecule has 0 saturated heterocycles. The van der Waals surface area contributed by atoms with Gasteiger partial charge in [0.1, 0.15) is 22.0 Å². The third-order valence-electron chi connectivity index (χ3n) is 6.10. The molecule has 0 fully saturated rings.